The van der Waals surface area contributed by atoms with Crippen molar-refractivity contribution in [1.82, 2.24) is 10.2 Å². The molecule has 2 rings (SSSR count). The molecule has 1 aromatic carbocycles. The van der Waals surface area contributed by atoms with Gasteiger partial charge in [0, 0.05) is 23.6 Å². The van der Waals surface area contributed by atoms with Crippen LogP contribution < -0.4 is 5.32 Å². The summed E-state index contributed by atoms with van der Waals surface area (Å²) in [5, 5.41) is 3.36. The molecule has 0 spiro atoms. The van der Waals surface area contributed by atoms with Gasteiger partial charge in [0.15, 0.2) is 0 Å². The summed E-state index contributed by atoms with van der Waals surface area (Å²) in [6.45, 7) is 4.98. The van der Waals surface area contributed by atoms with Crippen LogP contribution >= 0.6 is 15.9 Å². The number of piperidine rings is 1. The van der Waals surface area contributed by atoms with Gasteiger partial charge >= 0.3 is 0 Å². The molecule has 1 aliphatic heterocycles. The fourth-order valence-corrected chi connectivity index (χ4v) is 2.95. The lowest BCUT2D eigenvalue weighted by Crippen LogP contribution is -2.37. The summed E-state index contributed by atoms with van der Waals surface area (Å²) in [4.78, 5) is 14.3. The molecule has 1 aliphatic rings. The average molecular weight is 325 g/mol. The van der Waals surface area contributed by atoms with E-state index in [9.17, 15) is 4.79 Å². The number of carbonyl (C=O) groups excluding carboxylic acids is 1. The van der Waals surface area contributed by atoms with Crippen LogP contribution in [0, 0.1) is 12.8 Å². The van der Waals surface area contributed by atoms with E-state index in [1.807, 2.05) is 37.1 Å². The number of nitrogens with one attached hydrogen (secondary N) is 1. The molecule has 4 heteroatoms. The first-order chi connectivity index (χ1) is 9.09. The van der Waals surface area contributed by atoms with Crippen LogP contribution in [0.15, 0.2) is 22.7 Å². The van der Waals surface area contributed by atoms with E-state index in [2.05, 4.69) is 21.2 Å². The highest BCUT2D eigenvalue weighted by Crippen LogP contribution is 2.21. The molecular weight excluding hydrogens is 304 g/mol. The third-order valence-electron chi connectivity index (χ3n) is 3.84. The molecule has 1 heterocycles. The maximum atomic E-state index is 12.5. The molecule has 0 unspecified atom stereocenters. The van der Waals surface area contributed by atoms with Crippen molar-refractivity contribution in [2.24, 2.45) is 5.92 Å². The molecule has 0 saturated carbocycles. The fraction of sp³-hybridized carbons (Fsp3) is 0.533. The SMILES string of the molecule is Cc1c(Br)cccc1C(=O)N(C)CC1CCNCC1. The van der Waals surface area contributed by atoms with Gasteiger partial charge in [-0.15, -0.1) is 0 Å². The number of carbonyl (C=O) groups is 1. The van der Waals surface area contributed by atoms with Crippen LogP contribution in [0.3, 0.4) is 0 Å². The zero-order chi connectivity index (χ0) is 13.8. The molecule has 1 saturated heterocycles. The van der Waals surface area contributed by atoms with Crippen molar-refractivity contribution in [3.63, 3.8) is 0 Å². The third kappa shape index (κ3) is 3.57. The van der Waals surface area contributed by atoms with Crippen LogP contribution in [0.5, 0.6) is 0 Å². The Morgan fingerprint density at radius 1 is 1.42 bits per heavy atom. The molecular formula is C15H21BrN2O. The molecule has 0 atom stereocenters. The predicted molar refractivity (Wildman–Crippen MR) is 81.4 cm³/mol. The molecule has 0 aromatic heterocycles. The van der Waals surface area contributed by atoms with Crippen molar-refractivity contribution in [3.8, 4) is 0 Å². The first-order valence-corrected chi connectivity index (χ1v) is 7.60. The van der Waals surface area contributed by atoms with E-state index in [4.69, 9.17) is 0 Å². The second-order valence-electron chi connectivity index (χ2n) is 5.29. The Hall–Kier alpha value is -0.870. The molecule has 1 fully saturated rings. The van der Waals surface area contributed by atoms with Crippen molar-refractivity contribution >= 4 is 21.8 Å². The van der Waals surface area contributed by atoms with Crippen LogP contribution in [-0.2, 0) is 0 Å². The van der Waals surface area contributed by atoms with E-state index in [-0.39, 0.29) is 5.91 Å². The van der Waals surface area contributed by atoms with E-state index in [0.29, 0.717) is 5.92 Å². The molecule has 0 aliphatic carbocycles. The zero-order valence-electron chi connectivity index (χ0n) is 11.6. The second kappa shape index (κ2) is 6.53. The van der Waals surface area contributed by atoms with Crippen molar-refractivity contribution in [2.75, 3.05) is 26.7 Å². The Labute approximate surface area is 123 Å². The quantitative estimate of drug-likeness (QED) is 0.927. The highest BCUT2D eigenvalue weighted by Gasteiger charge is 2.20. The first-order valence-electron chi connectivity index (χ1n) is 6.81. The molecule has 3 nitrogen and oxygen atoms in total. The summed E-state index contributed by atoms with van der Waals surface area (Å²) >= 11 is 3.48. The standard InChI is InChI=1S/C15H21BrN2O/c1-11-13(4-3-5-14(11)16)15(19)18(2)10-12-6-8-17-9-7-12/h3-5,12,17H,6-10H2,1-2H3. The number of rotatable bonds is 3. The highest BCUT2D eigenvalue weighted by atomic mass is 79.9. The van der Waals surface area contributed by atoms with E-state index in [0.717, 1.165) is 48.1 Å². The number of benzene rings is 1. The van der Waals surface area contributed by atoms with Crippen molar-refractivity contribution in [3.05, 3.63) is 33.8 Å². The molecule has 1 N–H and O–H groups in total. The van der Waals surface area contributed by atoms with E-state index in [1.165, 1.54) is 0 Å². The molecule has 0 radical (unpaired) electrons. The minimum Gasteiger partial charge on any atom is -0.341 e. The van der Waals surface area contributed by atoms with E-state index >= 15 is 0 Å². The highest BCUT2D eigenvalue weighted by molar-refractivity contribution is 9.10. The Kier molecular flexibility index (Phi) is 4.99. The molecule has 1 aromatic rings. The van der Waals surface area contributed by atoms with Gasteiger partial charge in [-0.05, 0) is 56.5 Å². The van der Waals surface area contributed by atoms with Gasteiger partial charge in [-0.25, -0.2) is 0 Å². The van der Waals surface area contributed by atoms with Gasteiger partial charge < -0.3 is 10.2 Å². The number of nitrogens with zero attached hydrogens (tertiary/aromatic N) is 1. The summed E-state index contributed by atoms with van der Waals surface area (Å²) in [7, 11) is 1.91. The fourth-order valence-electron chi connectivity index (χ4n) is 2.58. The van der Waals surface area contributed by atoms with Gasteiger partial charge in [0.25, 0.3) is 5.91 Å². The van der Waals surface area contributed by atoms with Gasteiger partial charge in [0.1, 0.15) is 0 Å². The summed E-state index contributed by atoms with van der Waals surface area (Å²) in [6, 6.07) is 5.79. The molecule has 0 bridgehead atoms. The maximum absolute atomic E-state index is 12.5. The lowest BCUT2D eigenvalue weighted by atomic mass is 9.97. The number of halogens is 1. The minimum absolute atomic E-state index is 0.123. The van der Waals surface area contributed by atoms with Crippen molar-refractivity contribution < 1.29 is 4.79 Å². The smallest absolute Gasteiger partial charge is 0.253 e. The topological polar surface area (TPSA) is 32.3 Å². The summed E-state index contributed by atoms with van der Waals surface area (Å²) in [6.07, 6.45) is 2.32. The van der Waals surface area contributed by atoms with Gasteiger partial charge in [-0.3, -0.25) is 4.79 Å². The van der Waals surface area contributed by atoms with Crippen LogP contribution in [0.2, 0.25) is 0 Å². The summed E-state index contributed by atoms with van der Waals surface area (Å²) in [5.74, 6) is 0.750. The largest absolute Gasteiger partial charge is 0.341 e. The first kappa shape index (κ1) is 14.5. The van der Waals surface area contributed by atoms with Gasteiger partial charge in [0.05, 0.1) is 0 Å². The monoisotopic (exact) mass is 324 g/mol. The van der Waals surface area contributed by atoms with Crippen molar-refractivity contribution in [2.45, 2.75) is 19.8 Å². The lowest BCUT2D eigenvalue weighted by Gasteiger charge is -2.28. The number of amides is 1. The third-order valence-corrected chi connectivity index (χ3v) is 4.69. The molecule has 1 amide bonds. The Morgan fingerprint density at radius 3 is 2.79 bits per heavy atom. The molecule has 104 valence electrons. The predicted octanol–water partition coefficient (Wildman–Crippen LogP) is 2.83. The normalized spacial score (nSPS) is 16.4. The summed E-state index contributed by atoms with van der Waals surface area (Å²) in [5.41, 5.74) is 1.82. The van der Waals surface area contributed by atoms with Crippen LogP contribution in [0.1, 0.15) is 28.8 Å². The van der Waals surface area contributed by atoms with Crippen molar-refractivity contribution in [1.29, 1.82) is 0 Å². The molecule has 19 heavy (non-hydrogen) atoms. The second-order valence-corrected chi connectivity index (χ2v) is 6.15. The van der Waals surface area contributed by atoms with Gasteiger partial charge in [-0.1, -0.05) is 22.0 Å². The summed E-state index contributed by atoms with van der Waals surface area (Å²) < 4.78 is 0.994. The van der Waals surface area contributed by atoms with E-state index in [1.54, 1.807) is 0 Å². The Balaban J connectivity index is 2.03. The Morgan fingerprint density at radius 2 is 2.11 bits per heavy atom. The maximum Gasteiger partial charge on any atom is 0.253 e. The van der Waals surface area contributed by atoms with Crippen LogP contribution in [0.25, 0.3) is 0 Å². The average Bonchev–Trinajstić information content (AvgIpc) is 2.42. The zero-order valence-corrected chi connectivity index (χ0v) is 13.2. The lowest BCUT2D eigenvalue weighted by molar-refractivity contribution is 0.0762. The minimum atomic E-state index is 0.123. The van der Waals surface area contributed by atoms with Gasteiger partial charge in [-0.2, -0.15) is 0 Å². The van der Waals surface area contributed by atoms with Crippen LogP contribution in [-0.4, -0.2) is 37.5 Å². The number of hydrogen-bond donors (Lipinski definition) is 1. The van der Waals surface area contributed by atoms with Gasteiger partial charge in [0.2, 0.25) is 0 Å². The van der Waals surface area contributed by atoms with Crippen LogP contribution in [0.4, 0.5) is 0 Å². The Bertz CT molecular complexity index is 455. The number of hydrogen-bond acceptors (Lipinski definition) is 2. The van der Waals surface area contributed by atoms with E-state index < -0.39 is 0 Å².